The lowest BCUT2D eigenvalue weighted by molar-refractivity contribution is -0.117. The van der Waals surface area contributed by atoms with Gasteiger partial charge in [0.25, 0.3) is 5.91 Å². The van der Waals surface area contributed by atoms with Crippen LogP contribution in [0, 0.1) is 11.3 Å². The summed E-state index contributed by atoms with van der Waals surface area (Å²) in [5, 5.41) is 11.6. The zero-order chi connectivity index (χ0) is 13.1. The standard InChI is InChI=1S/C13H19N3O/c1-4-7-15-13(17)12(10-14)11-16(8-5-2)9-6-3/h5-6,11H,2-4,7-9H2,1H3,(H,15,17)/b12-11-. The molecule has 0 radical (unpaired) electrons. The van der Waals surface area contributed by atoms with Crippen molar-refractivity contribution in [2.24, 2.45) is 0 Å². The lowest BCUT2D eigenvalue weighted by Gasteiger charge is -2.16. The molecule has 1 N–H and O–H groups in total. The summed E-state index contributed by atoms with van der Waals surface area (Å²) >= 11 is 0. The Kier molecular flexibility index (Phi) is 8.13. The van der Waals surface area contributed by atoms with Crippen LogP contribution in [0.5, 0.6) is 0 Å². The minimum atomic E-state index is -0.340. The second kappa shape index (κ2) is 9.22. The summed E-state index contributed by atoms with van der Waals surface area (Å²) in [7, 11) is 0. The Morgan fingerprint density at radius 2 is 2.00 bits per heavy atom. The van der Waals surface area contributed by atoms with Crippen molar-refractivity contribution in [3.05, 3.63) is 37.1 Å². The molecule has 0 bridgehead atoms. The van der Waals surface area contributed by atoms with Crippen LogP contribution in [0.25, 0.3) is 0 Å². The SMILES string of the molecule is C=CCN(/C=C(/C#N)C(=O)NCCC)CC=C. The third-order valence-corrected chi connectivity index (χ3v) is 1.94. The van der Waals surface area contributed by atoms with Crippen LogP contribution in [0.1, 0.15) is 13.3 Å². The summed E-state index contributed by atoms with van der Waals surface area (Å²) < 4.78 is 0. The molecule has 0 aromatic heterocycles. The fourth-order valence-electron chi connectivity index (χ4n) is 1.17. The second-order valence-electron chi connectivity index (χ2n) is 3.44. The normalized spacial score (nSPS) is 10.2. The van der Waals surface area contributed by atoms with Crippen LogP contribution in [0.4, 0.5) is 0 Å². The number of carbonyl (C=O) groups excluding carboxylic acids is 1. The second-order valence-corrected chi connectivity index (χ2v) is 3.44. The topological polar surface area (TPSA) is 56.1 Å². The molecule has 17 heavy (non-hydrogen) atoms. The largest absolute Gasteiger partial charge is 0.369 e. The van der Waals surface area contributed by atoms with Gasteiger partial charge in [0, 0.05) is 25.8 Å². The number of nitriles is 1. The fourth-order valence-corrected chi connectivity index (χ4v) is 1.17. The van der Waals surface area contributed by atoms with Crippen molar-refractivity contribution in [1.82, 2.24) is 10.2 Å². The van der Waals surface area contributed by atoms with E-state index in [-0.39, 0.29) is 11.5 Å². The van der Waals surface area contributed by atoms with Gasteiger partial charge < -0.3 is 10.2 Å². The molecular weight excluding hydrogens is 214 g/mol. The maximum atomic E-state index is 11.6. The van der Waals surface area contributed by atoms with Gasteiger partial charge in [-0.25, -0.2) is 0 Å². The highest BCUT2D eigenvalue weighted by Gasteiger charge is 2.09. The summed E-state index contributed by atoms with van der Waals surface area (Å²) in [5.74, 6) is -0.340. The van der Waals surface area contributed by atoms with Gasteiger partial charge in [0.05, 0.1) is 0 Å². The molecule has 0 heterocycles. The lowest BCUT2D eigenvalue weighted by Crippen LogP contribution is -2.27. The Balaban J connectivity index is 4.69. The van der Waals surface area contributed by atoms with Crippen LogP contribution >= 0.6 is 0 Å². The van der Waals surface area contributed by atoms with E-state index in [1.54, 1.807) is 17.1 Å². The molecule has 4 heteroatoms. The molecule has 92 valence electrons. The number of hydrogen-bond acceptors (Lipinski definition) is 3. The van der Waals surface area contributed by atoms with Crippen molar-refractivity contribution < 1.29 is 4.79 Å². The molecule has 0 saturated heterocycles. The zero-order valence-corrected chi connectivity index (χ0v) is 10.3. The molecule has 0 unspecified atom stereocenters. The van der Waals surface area contributed by atoms with E-state index >= 15 is 0 Å². The quantitative estimate of drug-likeness (QED) is 0.393. The highest BCUT2D eigenvalue weighted by molar-refractivity contribution is 5.97. The molecule has 4 nitrogen and oxygen atoms in total. The highest BCUT2D eigenvalue weighted by Crippen LogP contribution is 1.99. The van der Waals surface area contributed by atoms with Crippen LogP contribution in [-0.4, -0.2) is 30.4 Å². The third kappa shape index (κ3) is 6.21. The van der Waals surface area contributed by atoms with Gasteiger partial charge in [-0.2, -0.15) is 5.26 Å². The van der Waals surface area contributed by atoms with Crippen molar-refractivity contribution in [3.8, 4) is 6.07 Å². The van der Waals surface area contributed by atoms with Gasteiger partial charge in [-0.3, -0.25) is 4.79 Å². The van der Waals surface area contributed by atoms with E-state index in [1.165, 1.54) is 6.20 Å². The van der Waals surface area contributed by atoms with Crippen LogP contribution in [0.2, 0.25) is 0 Å². The number of amides is 1. The van der Waals surface area contributed by atoms with Crippen molar-refractivity contribution in [3.63, 3.8) is 0 Å². The summed E-state index contributed by atoms with van der Waals surface area (Å²) in [6.45, 7) is 10.9. The van der Waals surface area contributed by atoms with Gasteiger partial charge in [0.15, 0.2) is 0 Å². The molecule has 0 aromatic rings. The minimum Gasteiger partial charge on any atom is -0.369 e. The van der Waals surface area contributed by atoms with E-state index in [0.717, 1.165) is 6.42 Å². The first-order valence-corrected chi connectivity index (χ1v) is 5.55. The average Bonchev–Trinajstić information content (AvgIpc) is 2.33. The van der Waals surface area contributed by atoms with Gasteiger partial charge >= 0.3 is 0 Å². The maximum absolute atomic E-state index is 11.6. The molecule has 0 saturated carbocycles. The molecule has 0 rings (SSSR count). The average molecular weight is 233 g/mol. The highest BCUT2D eigenvalue weighted by atomic mass is 16.1. The molecule has 0 spiro atoms. The molecule has 0 aromatic carbocycles. The van der Waals surface area contributed by atoms with Crippen LogP contribution in [0.3, 0.4) is 0 Å². The molecule has 0 fully saturated rings. The number of nitrogens with one attached hydrogen (secondary N) is 1. The van der Waals surface area contributed by atoms with Gasteiger partial charge in [0.1, 0.15) is 11.6 Å². The predicted molar refractivity (Wildman–Crippen MR) is 69.0 cm³/mol. The van der Waals surface area contributed by atoms with E-state index in [1.807, 2.05) is 13.0 Å². The Morgan fingerprint density at radius 1 is 1.41 bits per heavy atom. The zero-order valence-electron chi connectivity index (χ0n) is 10.3. The monoisotopic (exact) mass is 233 g/mol. The van der Waals surface area contributed by atoms with E-state index < -0.39 is 0 Å². The Labute approximate surface area is 103 Å². The summed E-state index contributed by atoms with van der Waals surface area (Å²) in [5.41, 5.74) is 0.0992. The number of hydrogen-bond donors (Lipinski definition) is 1. The van der Waals surface area contributed by atoms with Crippen molar-refractivity contribution in [2.45, 2.75) is 13.3 Å². The summed E-state index contributed by atoms with van der Waals surface area (Å²) in [6.07, 6.45) is 5.79. The lowest BCUT2D eigenvalue weighted by atomic mass is 10.2. The fraction of sp³-hybridized carbons (Fsp3) is 0.385. The molecule has 0 aliphatic heterocycles. The van der Waals surface area contributed by atoms with Gasteiger partial charge in [-0.15, -0.1) is 13.2 Å². The van der Waals surface area contributed by atoms with E-state index in [2.05, 4.69) is 18.5 Å². The molecule has 0 aliphatic rings. The number of carbonyl (C=O) groups is 1. The number of rotatable bonds is 8. The van der Waals surface area contributed by atoms with E-state index in [0.29, 0.717) is 19.6 Å². The predicted octanol–water partition coefficient (Wildman–Crippen LogP) is 1.59. The smallest absolute Gasteiger partial charge is 0.263 e. The molecule has 0 atom stereocenters. The third-order valence-electron chi connectivity index (χ3n) is 1.94. The van der Waals surface area contributed by atoms with E-state index in [4.69, 9.17) is 5.26 Å². The Hall–Kier alpha value is -2.02. The summed E-state index contributed by atoms with van der Waals surface area (Å²) in [4.78, 5) is 13.4. The van der Waals surface area contributed by atoms with Gasteiger partial charge in [-0.1, -0.05) is 19.1 Å². The van der Waals surface area contributed by atoms with Crippen LogP contribution < -0.4 is 5.32 Å². The molecule has 0 aliphatic carbocycles. The van der Waals surface area contributed by atoms with Crippen LogP contribution in [0.15, 0.2) is 37.1 Å². The van der Waals surface area contributed by atoms with Crippen molar-refractivity contribution in [1.29, 1.82) is 5.26 Å². The van der Waals surface area contributed by atoms with Gasteiger partial charge in [0.2, 0.25) is 0 Å². The van der Waals surface area contributed by atoms with E-state index in [9.17, 15) is 4.79 Å². The van der Waals surface area contributed by atoms with Crippen molar-refractivity contribution in [2.75, 3.05) is 19.6 Å². The first-order valence-electron chi connectivity index (χ1n) is 5.55. The number of nitrogens with zero attached hydrogens (tertiary/aromatic N) is 2. The Bertz CT molecular complexity index is 329. The van der Waals surface area contributed by atoms with Crippen LogP contribution in [-0.2, 0) is 4.79 Å². The molecular formula is C13H19N3O. The first-order chi connectivity index (χ1) is 8.19. The maximum Gasteiger partial charge on any atom is 0.263 e. The Morgan fingerprint density at radius 3 is 2.41 bits per heavy atom. The van der Waals surface area contributed by atoms with Crippen molar-refractivity contribution >= 4 is 5.91 Å². The van der Waals surface area contributed by atoms with Gasteiger partial charge in [-0.05, 0) is 6.42 Å². The minimum absolute atomic E-state index is 0.0992. The molecule has 1 amide bonds. The first kappa shape index (κ1) is 15.0. The summed E-state index contributed by atoms with van der Waals surface area (Å²) in [6, 6.07) is 1.90.